The number of urea groups is 1. The lowest BCUT2D eigenvalue weighted by molar-refractivity contribution is -0.0287. The van der Waals surface area contributed by atoms with Crippen LogP contribution in [-0.4, -0.2) is 33.1 Å². The summed E-state index contributed by atoms with van der Waals surface area (Å²) in [6.45, 7) is 12.7. The minimum Gasteiger partial charge on any atom is -0.388 e. The summed E-state index contributed by atoms with van der Waals surface area (Å²) in [6, 6.07) is 1.61. The van der Waals surface area contributed by atoms with Crippen LogP contribution in [0.5, 0.6) is 0 Å². The molecule has 2 amide bonds. The number of nitrogens with one attached hydrogen (secondary N) is 2. The molecule has 0 aromatic carbocycles. The smallest absolute Gasteiger partial charge is 0.320 e. The first-order valence-corrected chi connectivity index (χ1v) is 8.29. The van der Waals surface area contributed by atoms with Crippen molar-refractivity contribution in [3.8, 4) is 0 Å². The summed E-state index contributed by atoms with van der Waals surface area (Å²) in [6.07, 6.45) is 2.52. The largest absolute Gasteiger partial charge is 0.388 e. The van der Waals surface area contributed by atoms with Gasteiger partial charge in [0.25, 0.3) is 0 Å². The lowest BCUT2D eigenvalue weighted by Gasteiger charge is -2.36. The highest BCUT2D eigenvalue weighted by molar-refractivity contribution is 5.88. The van der Waals surface area contributed by atoms with Gasteiger partial charge >= 0.3 is 6.03 Å². The van der Waals surface area contributed by atoms with Gasteiger partial charge in [0.2, 0.25) is 0 Å². The van der Waals surface area contributed by atoms with Crippen LogP contribution in [0, 0.1) is 0 Å². The Morgan fingerprint density at radius 3 is 2.35 bits per heavy atom. The number of carbonyl (C=O) groups excluding carboxylic acids is 1. The molecular formula is C17H30N4O2. The molecule has 1 heterocycles. The quantitative estimate of drug-likeness (QED) is 0.800. The third kappa shape index (κ3) is 4.25. The summed E-state index contributed by atoms with van der Waals surface area (Å²) < 4.78 is 1.84. The fraction of sp³-hybridized carbons (Fsp3) is 0.765. The Morgan fingerprint density at radius 2 is 1.91 bits per heavy atom. The zero-order chi connectivity index (χ0) is 17.5. The third-order valence-corrected chi connectivity index (χ3v) is 4.22. The number of aliphatic hydroxyl groups is 1. The van der Waals surface area contributed by atoms with Crippen LogP contribution in [0.4, 0.5) is 10.6 Å². The van der Waals surface area contributed by atoms with E-state index >= 15 is 0 Å². The van der Waals surface area contributed by atoms with Crippen LogP contribution < -0.4 is 10.6 Å². The van der Waals surface area contributed by atoms with Gasteiger partial charge in [0.1, 0.15) is 5.82 Å². The molecule has 130 valence electrons. The van der Waals surface area contributed by atoms with Crippen molar-refractivity contribution >= 4 is 11.8 Å². The normalized spacial score (nSPS) is 17.5. The van der Waals surface area contributed by atoms with Gasteiger partial charge < -0.3 is 10.4 Å². The first kappa shape index (κ1) is 17.8. The van der Waals surface area contributed by atoms with Crippen molar-refractivity contribution in [2.75, 3.05) is 11.9 Å². The van der Waals surface area contributed by atoms with Crippen LogP contribution >= 0.6 is 0 Å². The van der Waals surface area contributed by atoms with Gasteiger partial charge in [-0.25, -0.2) is 9.48 Å². The Morgan fingerprint density at radius 1 is 1.30 bits per heavy atom. The van der Waals surface area contributed by atoms with Gasteiger partial charge in [-0.3, -0.25) is 5.32 Å². The molecule has 6 nitrogen and oxygen atoms in total. The second-order valence-corrected chi connectivity index (χ2v) is 8.63. The second kappa shape index (κ2) is 5.82. The monoisotopic (exact) mass is 322 g/mol. The molecule has 0 atom stereocenters. The van der Waals surface area contributed by atoms with E-state index in [1.54, 1.807) is 0 Å². The molecule has 0 radical (unpaired) electrons. The van der Waals surface area contributed by atoms with E-state index in [1.165, 1.54) is 0 Å². The predicted octanol–water partition coefficient (Wildman–Crippen LogP) is 2.97. The number of hydrogen-bond donors (Lipinski definition) is 3. The molecule has 1 aromatic rings. The molecule has 0 bridgehead atoms. The van der Waals surface area contributed by atoms with Gasteiger partial charge in [-0.15, -0.1) is 0 Å². The predicted molar refractivity (Wildman–Crippen MR) is 91.7 cm³/mol. The number of nitrogens with zero attached hydrogens (tertiary/aromatic N) is 2. The van der Waals surface area contributed by atoms with E-state index in [9.17, 15) is 9.90 Å². The van der Waals surface area contributed by atoms with E-state index in [-0.39, 0.29) is 23.5 Å². The van der Waals surface area contributed by atoms with Crippen molar-refractivity contribution < 1.29 is 9.90 Å². The standard InChI is InChI=1S/C17H30N4O2/c1-15(2,3)12-10-13(21(20-12)16(4,5)6)19-14(22)18-11-17(23)8-7-9-17/h10,23H,7-9,11H2,1-6H3,(H2,18,19,22). The van der Waals surface area contributed by atoms with Crippen molar-refractivity contribution in [1.82, 2.24) is 15.1 Å². The number of carbonyl (C=O) groups is 1. The molecule has 1 aliphatic carbocycles. The van der Waals surface area contributed by atoms with E-state index in [2.05, 4.69) is 36.5 Å². The average molecular weight is 322 g/mol. The van der Waals surface area contributed by atoms with Crippen molar-refractivity contribution in [3.05, 3.63) is 11.8 Å². The third-order valence-electron chi connectivity index (χ3n) is 4.22. The minimum atomic E-state index is -0.724. The molecule has 1 aliphatic rings. The molecular weight excluding hydrogens is 292 g/mol. The van der Waals surface area contributed by atoms with Crippen molar-refractivity contribution in [2.45, 2.75) is 77.4 Å². The molecule has 23 heavy (non-hydrogen) atoms. The van der Waals surface area contributed by atoms with Crippen LogP contribution in [0.1, 0.15) is 66.5 Å². The lowest BCUT2D eigenvalue weighted by atomic mass is 9.80. The van der Waals surface area contributed by atoms with E-state index in [0.29, 0.717) is 5.82 Å². The first-order valence-electron chi connectivity index (χ1n) is 8.29. The van der Waals surface area contributed by atoms with Gasteiger partial charge in [0.15, 0.2) is 0 Å². The number of hydrogen-bond acceptors (Lipinski definition) is 3. The molecule has 1 saturated carbocycles. The summed E-state index contributed by atoms with van der Waals surface area (Å²) in [4.78, 5) is 12.2. The topological polar surface area (TPSA) is 79.2 Å². The maximum absolute atomic E-state index is 12.2. The molecule has 6 heteroatoms. The number of aromatic nitrogens is 2. The van der Waals surface area contributed by atoms with Crippen molar-refractivity contribution in [2.24, 2.45) is 0 Å². The molecule has 1 aromatic heterocycles. The van der Waals surface area contributed by atoms with Crippen LogP contribution in [-0.2, 0) is 11.0 Å². The van der Waals surface area contributed by atoms with E-state index in [0.717, 1.165) is 25.0 Å². The van der Waals surface area contributed by atoms with Gasteiger partial charge in [-0.2, -0.15) is 5.10 Å². The zero-order valence-electron chi connectivity index (χ0n) is 15.2. The summed E-state index contributed by atoms with van der Waals surface area (Å²) in [5, 5.41) is 20.4. The Balaban J connectivity index is 2.11. The van der Waals surface area contributed by atoms with Crippen molar-refractivity contribution in [3.63, 3.8) is 0 Å². The van der Waals surface area contributed by atoms with Crippen LogP contribution in [0.15, 0.2) is 6.07 Å². The van der Waals surface area contributed by atoms with Gasteiger partial charge in [-0.05, 0) is 40.0 Å². The van der Waals surface area contributed by atoms with Gasteiger partial charge in [0.05, 0.1) is 16.8 Å². The highest BCUT2D eigenvalue weighted by Crippen LogP contribution is 2.31. The zero-order valence-corrected chi connectivity index (χ0v) is 15.2. The summed E-state index contributed by atoms with van der Waals surface area (Å²) in [7, 11) is 0. The van der Waals surface area contributed by atoms with E-state index in [4.69, 9.17) is 0 Å². The van der Waals surface area contributed by atoms with E-state index < -0.39 is 5.60 Å². The molecule has 1 fully saturated rings. The number of anilines is 1. The van der Waals surface area contributed by atoms with E-state index in [1.807, 2.05) is 31.5 Å². The highest BCUT2D eigenvalue weighted by Gasteiger charge is 2.34. The first-order chi connectivity index (χ1) is 10.4. The summed E-state index contributed by atoms with van der Waals surface area (Å²) in [5.41, 5.74) is -0.124. The van der Waals surface area contributed by atoms with Crippen LogP contribution in [0.25, 0.3) is 0 Å². The molecule has 0 aliphatic heterocycles. The van der Waals surface area contributed by atoms with Crippen LogP contribution in [0.3, 0.4) is 0 Å². The molecule has 2 rings (SSSR count). The minimum absolute atomic E-state index is 0.0928. The number of rotatable bonds is 3. The SMILES string of the molecule is CC(C)(C)c1cc(NC(=O)NCC2(O)CCC2)n(C(C)(C)C)n1. The Kier molecular flexibility index (Phi) is 4.50. The summed E-state index contributed by atoms with van der Waals surface area (Å²) >= 11 is 0. The summed E-state index contributed by atoms with van der Waals surface area (Å²) in [5.74, 6) is 0.667. The second-order valence-electron chi connectivity index (χ2n) is 8.63. The van der Waals surface area contributed by atoms with Gasteiger partial charge in [-0.1, -0.05) is 20.8 Å². The van der Waals surface area contributed by atoms with Crippen molar-refractivity contribution in [1.29, 1.82) is 0 Å². The molecule has 0 saturated heterocycles. The van der Waals surface area contributed by atoms with Crippen LogP contribution in [0.2, 0.25) is 0 Å². The fourth-order valence-electron chi connectivity index (χ4n) is 2.51. The Bertz CT molecular complexity index is 574. The number of amides is 2. The lowest BCUT2D eigenvalue weighted by Crippen LogP contribution is -2.48. The highest BCUT2D eigenvalue weighted by atomic mass is 16.3. The average Bonchev–Trinajstić information content (AvgIpc) is 2.77. The maximum Gasteiger partial charge on any atom is 0.320 e. The molecule has 0 spiro atoms. The Hall–Kier alpha value is -1.56. The fourth-order valence-corrected chi connectivity index (χ4v) is 2.51. The molecule has 0 unspecified atom stereocenters. The molecule has 3 N–H and O–H groups in total. The maximum atomic E-state index is 12.2. The Labute approximate surface area is 138 Å². The van der Waals surface area contributed by atoms with Gasteiger partial charge in [0, 0.05) is 18.0 Å².